The molecule has 1 heterocycles. The van der Waals surface area contributed by atoms with E-state index in [0.717, 1.165) is 12.8 Å². The Morgan fingerprint density at radius 3 is 2.41 bits per heavy atom. The van der Waals surface area contributed by atoms with Gasteiger partial charge in [-0.2, -0.15) is 0 Å². The Morgan fingerprint density at radius 1 is 1.24 bits per heavy atom. The van der Waals surface area contributed by atoms with Gasteiger partial charge in [0.15, 0.2) is 0 Å². The summed E-state index contributed by atoms with van der Waals surface area (Å²) in [6.45, 7) is 0.443. The molecule has 1 saturated heterocycles. The lowest BCUT2D eigenvalue weighted by atomic mass is 10.00. The first-order chi connectivity index (χ1) is 7.93. The summed E-state index contributed by atoms with van der Waals surface area (Å²) in [5.41, 5.74) is 15.8. The molecule has 3 amide bonds. The summed E-state index contributed by atoms with van der Waals surface area (Å²) < 4.78 is 0. The van der Waals surface area contributed by atoms with Crippen molar-refractivity contribution in [1.82, 2.24) is 4.90 Å². The van der Waals surface area contributed by atoms with Crippen LogP contribution in [0.5, 0.6) is 0 Å². The molecule has 1 rings (SSSR count). The maximum absolute atomic E-state index is 11.9. The molecule has 0 bridgehead atoms. The first kappa shape index (κ1) is 13.4. The summed E-state index contributed by atoms with van der Waals surface area (Å²) in [7, 11) is 0. The Hall–Kier alpha value is -1.63. The third-order valence-electron chi connectivity index (χ3n) is 2.85. The van der Waals surface area contributed by atoms with Gasteiger partial charge < -0.3 is 22.1 Å². The normalized spacial score (nSPS) is 21.9. The zero-order valence-electron chi connectivity index (χ0n) is 9.59. The van der Waals surface area contributed by atoms with Gasteiger partial charge in [-0.15, -0.1) is 0 Å². The minimum atomic E-state index is -0.993. The average Bonchev–Trinajstić information content (AvgIpc) is 2.27. The first-order valence-electron chi connectivity index (χ1n) is 5.57. The lowest BCUT2D eigenvalue weighted by Gasteiger charge is -2.35. The molecule has 7 nitrogen and oxygen atoms in total. The van der Waals surface area contributed by atoms with Gasteiger partial charge in [0, 0.05) is 6.54 Å². The van der Waals surface area contributed by atoms with Crippen LogP contribution in [0.3, 0.4) is 0 Å². The third-order valence-corrected chi connectivity index (χ3v) is 2.85. The van der Waals surface area contributed by atoms with Crippen molar-refractivity contribution in [2.75, 3.05) is 6.54 Å². The lowest BCUT2D eigenvalue weighted by molar-refractivity contribution is -0.142. The van der Waals surface area contributed by atoms with Crippen molar-refractivity contribution in [2.45, 2.75) is 37.8 Å². The summed E-state index contributed by atoms with van der Waals surface area (Å²) in [5.74, 6) is -1.62. The van der Waals surface area contributed by atoms with Crippen LogP contribution in [0.2, 0.25) is 0 Å². The number of primary amides is 2. The van der Waals surface area contributed by atoms with Gasteiger partial charge in [0.2, 0.25) is 17.7 Å². The van der Waals surface area contributed by atoms with Crippen molar-refractivity contribution in [3.05, 3.63) is 0 Å². The molecule has 0 aromatic carbocycles. The molecular weight excluding hydrogens is 224 g/mol. The van der Waals surface area contributed by atoms with Crippen LogP contribution < -0.4 is 17.2 Å². The molecule has 0 aromatic heterocycles. The molecule has 0 spiro atoms. The van der Waals surface area contributed by atoms with Gasteiger partial charge in [-0.1, -0.05) is 0 Å². The van der Waals surface area contributed by atoms with Crippen LogP contribution in [0.1, 0.15) is 25.7 Å². The molecule has 6 N–H and O–H groups in total. The number of piperidine rings is 1. The van der Waals surface area contributed by atoms with Gasteiger partial charge in [-0.25, -0.2) is 0 Å². The van der Waals surface area contributed by atoms with Crippen LogP contribution in [0.4, 0.5) is 0 Å². The van der Waals surface area contributed by atoms with Crippen molar-refractivity contribution in [2.24, 2.45) is 17.2 Å². The summed E-state index contributed by atoms with van der Waals surface area (Å²) in [5, 5.41) is 0. The van der Waals surface area contributed by atoms with E-state index in [1.54, 1.807) is 0 Å². The number of carbonyl (C=O) groups is 3. The summed E-state index contributed by atoms with van der Waals surface area (Å²) in [6.07, 6.45) is 1.98. The molecule has 0 saturated carbocycles. The lowest BCUT2D eigenvalue weighted by Crippen LogP contribution is -2.55. The molecule has 1 aliphatic heterocycles. The van der Waals surface area contributed by atoms with Crippen LogP contribution in [-0.4, -0.2) is 41.2 Å². The number of amides is 3. The molecule has 1 aliphatic rings. The van der Waals surface area contributed by atoms with Gasteiger partial charge in [-0.05, 0) is 19.3 Å². The quantitative estimate of drug-likeness (QED) is 0.528. The van der Waals surface area contributed by atoms with E-state index in [9.17, 15) is 14.4 Å². The van der Waals surface area contributed by atoms with E-state index >= 15 is 0 Å². The van der Waals surface area contributed by atoms with E-state index in [1.165, 1.54) is 4.90 Å². The summed E-state index contributed by atoms with van der Waals surface area (Å²) >= 11 is 0. The highest BCUT2D eigenvalue weighted by Crippen LogP contribution is 2.17. The number of hydrogen-bond acceptors (Lipinski definition) is 4. The van der Waals surface area contributed by atoms with Crippen molar-refractivity contribution in [1.29, 1.82) is 0 Å². The van der Waals surface area contributed by atoms with E-state index in [0.29, 0.717) is 13.0 Å². The second kappa shape index (κ2) is 5.62. The van der Waals surface area contributed by atoms with Gasteiger partial charge >= 0.3 is 0 Å². The fourth-order valence-electron chi connectivity index (χ4n) is 2.01. The predicted octanol–water partition coefficient (Wildman–Crippen LogP) is -1.94. The van der Waals surface area contributed by atoms with Crippen LogP contribution >= 0.6 is 0 Å². The van der Waals surface area contributed by atoms with E-state index in [-0.39, 0.29) is 6.42 Å². The van der Waals surface area contributed by atoms with Crippen LogP contribution in [0, 0.1) is 0 Å². The topological polar surface area (TPSA) is 133 Å². The molecule has 1 fully saturated rings. The monoisotopic (exact) mass is 242 g/mol. The summed E-state index contributed by atoms with van der Waals surface area (Å²) in [4.78, 5) is 35.2. The molecule has 0 aliphatic carbocycles. The van der Waals surface area contributed by atoms with Gasteiger partial charge in [0.25, 0.3) is 0 Å². The largest absolute Gasteiger partial charge is 0.370 e. The molecular formula is C10H18N4O3. The maximum atomic E-state index is 11.9. The fraction of sp³-hybridized carbons (Fsp3) is 0.700. The molecule has 17 heavy (non-hydrogen) atoms. The Morgan fingerprint density at radius 2 is 1.88 bits per heavy atom. The van der Waals surface area contributed by atoms with Gasteiger partial charge in [0.05, 0.1) is 12.5 Å². The smallest absolute Gasteiger partial charge is 0.240 e. The molecule has 96 valence electrons. The Bertz CT molecular complexity index is 332. The Kier molecular flexibility index (Phi) is 4.45. The molecule has 0 aromatic rings. The number of nitrogens with zero attached hydrogens (tertiary/aromatic N) is 1. The number of hydrogen-bond donors (Lipinski definition) is 3. The van der Waals surface area contributed by atoms with Crippen molar-refractivity contribution in [3.8, 4) is 0 Å². The number of rotatable bonds is 4. The highest BCUT2D eigenvalue weighted by atomic mass is 16.2. The zero-order chi connectivity index (χ0) is 13.0. The van der Waals surface area contributed by atoms with Crippen molar-refractivity contribution < 1.29 is 14.4 Å². The zero-order valence-corrected chi connectivity index (χ0v) is 9.59. The SMILES string of the molecule is NC(=O)CC(N)C(=O)N1CCCCC1C(N)=O. The molecule has 7 heteroatoms. The fourth-order valence-corrected chi connectivity index (χ4v) is 2.01. The van der Waals surface area contributed by atoms with Crippen LogP contribution in [0.15, 0.2) is 0 Å². The van der Waals surface area contributed by atoms with E-state index < -0.39 is 29.8 Å². The summed E-state index contributed by atoms with van der Waals surface area (Å²) in [6, 6.07) is -1.61. The van der Waals surface area contributed by atoms with E-state index in [2.05, 4.69) is 0 Å². The first-order valence-corrected chi connectivity index (χ1v) is 5.57. The minimum absolute atomic E-state index is 0.221. The molecule has 0 radical (unpaired) electrons. The second-order valence-corrected chi connectivity index (χ2v) is 4.22. The van der Waals surface area contributed by atoms with Crippen LogP contribution in [-0.2, 0) is 14.4 Å². The minimum Gasteiger partial charge on any atom is -0.370 e. The highest BCUT2D eigenvalue weighted by Gasteiger charge is 2.33. The Balaban J connectivity index is 2.70. The number of likely N-dealkylation sites (tertiary alicyclic amines) is 1. The van der Waals surface area contributed by atoms with E-state index in [1.807, 2.05) is 0 Å². The third kappa shape index (κ3) is 3.42. The Labute approximate surface area is 99.3 Å². The number of nitrogens with two attached hydrogens (primary N) is 3. The van der Waals surface area contributed by atoms with E-state index in [4.69, 9.17) is 17.2 Å². The molecule has 2 unspecified atom stereocenters. The second-order valence-electron chi connectivity index (χ2n) is 4.22. The predicted molar refractivity (Wildman–Crippen MR) is 60.3 cm³/mol. The molecule has 2 atom stereocenters. The van der Waals surface area contributed by atoms with Crippen molar-refractivity contribution >= 4 is 17.7 Å². The van der Waals surface area contributed by atoms with Crippen molar-refractivity contribution in [3.63, 3.8) is 0 Å². The number of carbonyl (C=O) groups excluding carboxylic acids is 3. The highest BCUT2D eigenvalue weighted by molar-refractivity contribution is 5.91. The maximum Gasteiger partial charge on any atom is 0.240 e. The standard InChI is InChI=1S/C10H18N4O3/c11-6(5-8(12)15)10(17)14-4-2-1-3-7(14)9(13)16/h6-7H,1-5,11H2,(H2,12,15)(H2,13,16). The van der Waals surface area contributed by atoms with Crippen LogP contribution in [0.25, 0.3) is 0 Å². The average molecular weight is 242 g/mol. The van der Waals surface area contributed by atoms with Gasteiger partial charge in [0.1, 0.15) is 6.04 Å². The van der Waals surface area contributed by atoms with Gasteiger partial charge in [-0.3, -0.25) is 14.4 Å².